The second-order valence-electron chi connectivity index (χ2n) is 8.89. The average molecular weight is 414 g/mol. The minimum Gasteiger partial charge on any atom is -0.444 e. The van der Waals surface area contributed by atoms with Crippen LogP contribution in [0.4, 0.5) is 4.79 Å². The van der Waals surface area contributed by atoms with Crippen LogP contribution in [0.3, 0.4) is 0 Å². The maximum atomic E-state index is 12.1. The molecule has 2 amide bonds. The Kier molecular flexibility index (Phi) is 6.92. The van der Waals surface area contributed by atoms with Gasteiger partial charge in [0, 0.05) is 12.0 Å². The number of amides is 2. The molecule has 1 aromatic carbocycles. The lowest BCUT2D eigenvalue weighted by Gasteiger charge is -2.26. The minimum absolute atomic E-state index is 0.164. The second-order valence-corrected chi connectivity index (χ2v) is 8.89. The summed E-state index contributed by atoms with van der Waals surface area (Å²) in [6, 6.07) is 8.35. The van der Waals surface area contributed by atoms with Gasteiger partial charge in [-0.15, -0.1) is 0 Å². The lowest BCUT2D eigenvalue weighted by Crippen LogP contribution is -2.41. The van der Waals surface area contributed by atoms with Gasteiger partial charge in [0.05, 0.1) is 11.8 Å². The number of aliphatic hydroxyl groups is 1. The number of nitrogens with zero attached hydrogens (tertiary/aromatic N) is 1. The monoisotopic (exact) mass is 413 g/mol. The summed E-state index contributed by atoms with van der Waals surface area (Å²) >= 11 is 0. The molecule has 0 aromatic heterocycles. The van der Waals surface area contributed by atoms with E-state index >= 15 is 0 Å². The molecule has 0 bridgehead atoms. The van der Waals surface area contributed by atoms with Crippen LogP contribution < -0.4 is 10.6 Å². The molecule has 0 radical (unpaired) electrons. The van der Waals surface area contributed by atoms with Crippen molar-refractivity contribution < 1.29 is 19.4 Å². The highest BCUT2D eigenvalue weighted by molar-refractivity contribution is 6.04. The van der Waals surface area contributed by atoms with Crippen LogP contribution in [0.5, 0.6) is 0 Å². The first kappa shape index (κ1) is 22.0. The van der Waals surface area contributed by atoms with Crippen LogP contribution in [0.1, 0.15) is 69.9 Å². The van der Waals surface area contributed by atoms with Crippen molar-refractivity contribution in [3.63, 3.8) is 0 Å². The molecular formula is C23H31N3O4. The summed E-state index contributed by atoms with van der Waals surface area (Å²) in [5, 5.41) is 14.9. The number of alkyl carbamates (subject to hydrolysis) is 1. The number of rotatable bonds is 4. The molecule has 1 aromatic rings. The normalized spacial score (nSPS) is 21.5. The summed E-state index contributed by atoms with van der Waals surface area (Å²) in [6.45, 7) is 5.12. The van der Waals surface area contributed by atoms with Crippen LogP contribution >= 0.6 is 0 Å². The fraction of sp³-hybridized carbons (Fsp3) is 0.522. The Balaban J connectivity index is 1.53. The molecule has 7 nitrogen and oxygen atoms in total. The number of carbonyl (C=O) groups is 2. The van der Waals surface area contributed by atoms with Crippen LogP contribution in [0.2, 0.25) is 0 Å². The Hall–Kier alpha value is -2.67. The maximum Gasteiger partial charge on any atom is 0.408 e. The molecule has 0 saturated heterocycles. The first-order valence-corrected chi connectivity index (χ1v) is 10.5. The zero-order chi connectivity index (χ0) is 21.7. The fourth-order valence-corrected chi connectivity index (χ4v) is 3.72. The fourth-order valence-electron chi connectivity index (χ4n) is 3.72. The number of ether oxygens (including phenoxy) is 1. The van der Waals surface area contributed by atoms with E-state index in [-0.39, 0.29) is 18.6 Å². The van der Waals surface area contributed by atoms with E-state index in [4.69, 9.17) is 4.74 Å². The SMILES string of the molecule is CC(C)(C)OC(=O)NCC(=O)NC1=NC(c2cccc(C3CCC(O)CC3)c2)=CC1. The number of aliphatic hydroxyl groups excluding tert-OH is 1. The first-order chi connectivity index (χ1) is 14.2. The topological polar surface area (TPSA) is 100 Å². The first-order valence-electron chi connectivity index (χ1n) is 10.5. The van der Waals surface area contributed by atoms with Gasteiger partial charge in [-0.05, 0) is 64.0 Å². The van der Waals surface area contributed by atoms with E-state index in [1.54, 1.807) is 20.8 Å². The number of benzene rings is 1. The summed E-state index contributed by atoms with van der Waals surface area (Å²) in [7, 11) is 0. The predicted octanol–water partition coefficient (Wildman–Crippen LogP) is 3.49. The third-order valence-electron chi connectivity index (χ3n) is 5.17. The zero-order valence-electron chi connectivity index (χ0n) is 17.9. The van der Waals surface area contributed by atoms with E-state index < -0.39 is 11.7 Å². The molecule has 7 heteroatoms. The largest absolute Gasteiger partial charge is 0.444 e. The van der Waals surface area contributed by atoms with E-state index in [1.807, 2.05) is 18.2 Å². The predicted molar refractivity (Wildman–Crippen MR) is 116 cm³/mol. The van der Waals surface area contributed by atoms with Gasteiger partial charge in [0.15, 0.2) is 0 Å². The van der Waals surface area contributed by atoms with Crippen molar-refractivity contribution in [3.8, 4) is 0 Å². The minimum atomic E-state index is -0.628. The molecule has 30 heavy (non-hydrogen) atoms. The summed E-state index contributed by atoms with van der Waals surface area (Å²) < 4.78 is 5.12. The van der Waals surface area contributed by atoms with Crippen LogP contribution in [-0.2, 0) is 9.53 Å². The Morgan fingerprint density at radius 1 is 1.20 bits per heavy atom. The van der Waals surface area contributed by atoms with Crippen LogP contribution in [0, 0.1) is 0 Å². The van der Waals surface area contributed by atoms with Crippen molar-refractivity contribution in [3.05, 3.63) is 41.5 Å². The van der Waals surface area contributed by atoms with E-state index in [2.05, 4.69) is 27.8 Å². The van der Waals surface area contributed by atoms with Crippen molar-refractivity contribution in [2.24, 2.45) is 4.99 Å². The molecule has 3 N–H and O–H groups in total. The number of aliphatic imine (C=N–C) groups is 1. The van der Waals surface area contributed by atoms with Crippen molar-refractivity contribution >= 4 is 23.5 Å². The highest BCUT2D eigenvalue weighted by Gasteiger charge is 2.22. The molecule has 1 aliphatic carbocycles. The standard InChI is InChI=1S/C23H31N3O4/c1-23(2,3)30-22(29)24-14-21(28)26-20-12-11-19(25-20)17-6-4-5-16(13-17)15-7-9-18(27)10-8-15/h4-6,11,13,15,18,27H,7-10,12,14H2,1-3H3,(H,24,29)(H,25,26,28). The van der Waals surface area contributed by atoms with Crippen LogP contribution in [-0.4, -0.2) is 41.2 Å². The molecule has 1 fully saturated rings. The molecule has 3 rings (SSSR count). The Labute approximate surface area is 177 Å². The number of hydrogen-bond acceptors (Lipinski definition) is 5. The summed E-state index contributed by atoms with van der Waals surface area (Å²) in [5.74, 6) is 0.688. The number of hydrogen-bond donors (Lipinski definition) is 3. The van der Waals surface area contributed by atoms with Crippen LogP contribution in [0.25, 0.3) is 5.70 Å². The van der Waals surface area contributed by atoms with Gasteiger partial charge in [-0.1, -0.05) is 24.3 Å². The third kappa shape index (κ3) is 6.42. The smallest absolute Gasteiger partial charge is 0.408 e. The highest BCUT2D eigenvalue weighted by Crippen LogP contribution is 2.34. The highest BCUT2D eigenvalue weighted by atomic mass is 16.6. The second kappa shape index (κ2) is 9.43. The third-order valence-corrected chi connectivity index (χ3v) is 5.17. The van der Waals surface area contributed by atoms with E-state index in [0.29, 0.717) is 18.2 Å². The lowest BCUT2D eigenvalue weighted by molar-refractivity contribution is -0.118. The number of carbonyl (C=O) groups excluding carboxylic acids is 2. The molecule has 1 aliphatic heterocycles. The van der Waals surface area contributed by atoms with Crippen molar-refractivity contribution in [1.29, 1.82) is 0 Å². The molecule has 1 heterocycles. The molecule has 2 aliphatic rings. The molecule has 162 valence electrons. The van der Waals surface area contributed by atoms with Gasteiger partial charge >= 0.3 is 6.09 Å². The summed E-state index contributed by atoms with van der Waals surface area (Å²) in [6.07, 6.45) is 5.43. The number of amidine groups is 1. The molecular weight excluding hydrogens is 382 g/mol. The quantitative estimate of drug-likeness (QED) is 0.703. The van der Waals surface area contributed by atoms with Crippen molar-refractivity contribution in [2.45, 2.75) is 70.5 Å². The van der Waals surface area contributed by atoms with E-state index in [1.165, 1.54) is 5.56 Å². The maximum absolute atomic E-state index is 12.1. The molecule has 0 unspecified atom stereocenters. The Morgan fingerprint density at radius 3 is 2.63 bits per heavy atom. The zero-order valence-corrected chi connectivity index (χ0v) is 17.9. The van der Waals surface area contributed by atoms with Gasteiger partial charge in [0.25, 0.3) is 0 Å². The van der Waals surface area contributed by atoms with E-state index in [9.17, 15) is 14.7 Å². The molecule has 0 spiro atoms. The number of nitrogens with one attached hydrogen (secondary N) is 2. The van der Waals surface area contributed by atoms with Gasteiger partial charge in [-0.25, -0.2) is 9.79 Å². The summed E-state index contributed by atoms with van der Waals surface area (Å²) in [5.41, 5.74) is 2.52. The lowest BCUT2D eigenvalue weighted by atomic mass is 9.82. The van der Waals surface area contributed by atoms with Gasteiger partial charge in [0.2, 0.25) is 5.91 Å². The van der Waals surface area contributed by atoms with Gasteiger partial charge in [-0.3, -0.25) is 4.79 Å². The summed E-state index contributed by atoms with van der Waals surface area (Å²) in [4.78, 5) is 28.3. The van der Waals surface area contributed by atoms with Crippen LogP contribution in [0.15, 0.2) is 35.3 Å². The van der Waals surface area contributed by atoms with Gasteiger partial charge < -0.3 is 20.5 Å². The van der Waals surface area contributed by atoms with Crippen molar-refractivity contribution in [2.75, 3.05) is 6.54 Å². The van der Waals surface area contributed by atoms with Gasteiger partial charge in [-0.2, -0.15) is 0 Å². The molecule has 0 atom stereocenters. The average Bonchev–Trinajstić information content (AvgIpc) is 3.14. The van der Waals surface area contributed by atoms with Gasteiger partial charge in [0.1, 0.15) is 18.0 Å². The Morgan fingerprint density at radius 2 is 1.93 bits per heavy atom. The molecule has 1 saturated carbocycles. The Bertz CT molecular complexity index is 846. The van der Waals surface area contributed by atoms with Crippen molar-refractivity contribution in [1.82, 2.24) is 10.6 Å². The van der Waals surface area contributed by atoms with E-state index in [0.717, 1.165) is 36.9 Å².